The molecule has 8 nitrogen and oxygen atoms in total. The lowest BCUT2D eigenvalue weighted by Gasteiger charge is -2.30. The van der Waals surface area contributed by atoms with E-state index in [0.29, 0.717) is 32.0 Å². The average Bonchev–Trinajstić information content (AvgIpc) is 2.62. The number of morpholine rings is 1. The molecule has 0 atom stereocenters. The summed E-state index contributed by atoms with van der Waals surface area (Å²) in [7, 11) is 0. The van der Waals surface area contributed by atoms with Gasteiger partial charge in [-0.15, -0.1) is 0 Å². The number of amides is 2. The Morgan fingerprint density at radius 3 is 2.58 bits per heavy atom. The molecule has 2 rings (SSSR count). The second-order valence-electron chi connectivity index (χ2n) is 6.76. The van der Waals surface area contributed by atoms with Gasteiger partial charge >= 0.3 is 0 Å². The van der Waals surface area contributed by atoms with Crippen LogP contribution in [-0.4, -0.2) is 83.6 Å². The Morgan fingerprint density at radius 1 is 1.23 bits per heavy atom. The van der Waals surface area contributed by atoms with E-state index in [-0.39, 0.29) is 24.3 Å². The van der Waals surface area contributed by atoms with Gasteiger partial charge in [-0.3, -0.25) is 19.5 Å². The van der Waals surface area contributed by atoms with Gasteiger partial charge in [0.25, 0.3) is 5.91 Å². The zero-order valence-corrected chi connectivity index (χ0v) is 15.9. The van der Waals surface area contributed by atoms with Crippen LogP contribution in [0.2, 0.25) is 0 Å². The summed E-state index contributed by atoms with van der Waals surface area (Å²) in [6, 6.07) is 0.0861. The Hall–Kier alpha value is -2.06. The Balaban J connectivity index is 1.97. The van der Waals surface area contributed by atoms with Crippen molar-refractivity contribution in [2.45, 2.75) is 33.2 Å². The van der Waals surface area contributed by atoms with E-state index in [9.17, 15) is 9.59 Å². The van der Waals surface area contributed by atoms with Crippen LogP contribution in [0.15, 0.2) is 12.4 Å². The predicted octanol–water partition coefficient (Wildman–Crippen LogP) is 0.474. The van der Waals surface area contributed by atoms with Gasteiger partial charge in [0.2, 0.25) is 5.91 Å². The van der Waals surface area contributed by atoms with Crippen LogP contribution >= 0.6 is 0 Å². The van der Waals surface area contributed by atoms with Crippen molar-refractivity contribution in [2.75, 3.05) is 45.9 Å². The van der Waals surface area contributed by atoms with Gasteiger partial charge in [0.05, 0.1) is 25.1 Å². The van der Waals surface area contributed by atoms with Crippen LogP contribution in [0.25, 0.3) is 0 Å². The van der Waals surface area contributed by atoms with Gasteiger partial charge in [0, 0.05) is 51.4 Å². The summed E-state index contributed by atoms with van der Waals surface area (Å²) >= 11 is 0. The fourth-order valence-electron chi connectivity index (χ4n) is 2.70. The quantitative estimate of drug-likeness (QED) is 0.723. The molecule has 2 heterocycles. The van der Waals surface area contributed by atoms with Crippen molar-refractivity contribution in [2.24, 2.45) is 0 Å². The first kappa shape index (κ1) is 20.3. The number of nitrogens with zero attached hydrogens (tertiary/aromatic N) is 4. The van der Waals surface area contributed by atoms with E-state index in [1.54, 1.807) is 11.1 Å². The molecular formula is C18H29N5O3. The Morgan fingerprint density at radius 2 is 1.96 bits per heavy atom. The van der Waals surface area contributed by atoms with Crippen molar-refractivity contribution in [3.8, 4) is 0 Å². The Labute approximate surface area is 154 Å². The summed E-state index contributed by atoms with van der Waals surface area (Å²) in [5, 5.41) is 2.86. The van der Waals surface area contributed by atoms with Crippen molar-refractivity contribution in [3.05, 3.63) is 23.8 Å². The molecule has 0 bridgehead atoms. The molecular weight excluding hydrogens is 334 g/mol. The largest absolute Gasteiger partial charge is 0.379 e. The van der Waals surface area contributed by atoms with Gasteiger partial charge < -0.3 is 15.0 Å². The van der Waals surface area contributed by atoms with E-state index in [2.05, 4.69) is 20.2 Å². The molecule has 1 aliphatic rings. The maximum absolute atomic E-state index is 12.8. The topological polar surface area (TPSA) is 87.7 Å². The molecule has 0 radical (unpaired) electrons. The lowest BCUT2D eigenvalue weighted by Crippen LogP contribution is -2.44. The summed E-state index contributed by atoms with van der Waals surface area (Å²) in [5.41, 5.74) is 1.07. The molecule has 144 valence electrons. The van der Waals surface area contributed by atoms with E-state index >= 15 is 0 Å². The molecule has 0 aromatic carbocycles. The number of hydrogen-bond donors (Lipinski definition) is 1. The second-order valence-corrected chi connectivity index (χ2v) is 6.76. The van der Waals surface area contributed by atoms with E-state index in [1.807, 2.05) is 20.8 Å². The van der Waals surface area contributed by atoms with E-state index in [4.69, 9.17) is 4.74 Å². The number of aryl methyl sites for hydroxylation is 1. The minimum Gasteiger partial charge on any atom is -0.379 e. The van der Waals surface area contributed by atoms with Gasteiger partial charge in [0.1, 0.15) is 5.69 Å². The average molecular weight is 363 g/mol. The third kappa shape index (κ3) is 6.68. The van der Waals surface area contributed by atoms with Crippen LogP contribution < -0.4 is 5.32 Å². The smallest absolute Gasteiger partial charge is 0.274 e. The molecule has 0 unspecified atom stereocenters. The first-order valence-corrected chi connectivity index (χ1v) is 9.13. The molecule has 1 aromatic heterocycles. The number of nitrogens with one attached hydrogen (secondary N) is 1. The number of carbonyl (C=O) groups excluding carboxylic acids is 2. The predicted molar refractivity (Wildman–Crippen MR) is 97.8 cm³/mol. The fourth-order valence-corrected chi connectivity index (χ4v) is 2.70. The van der Waals surface area contributed by atoms with Gasteiger partial charge in [-0.1, -0.05) is 0 Å². The van der Waals surface area contributed by atoms with E-state index in [1.165, 1.54) is 6.20 Å². The number of carbonyl (C=O) groups is 2. The third-order valence-corrected chi connectivity index (χ3v) is 4.14. The van der Waals surface area contributed by atoms with E-state index in [0.717, 1.165) is 25.3 Å². The van der Waals surface area contributed by atoms with Crippen molar-refractivity contribution in [1.82, 2.24) is 25.1 Å². The lowest BCUT2D eigenvalue weighted by atomic mass is 10.2. The zero-order chi connectivity index (χ0) is 18.9. The lowest BCUT2D eigenvalue weighted by molar-refractivity contribution is -0.121. The van der Waals surface area contributed by atoms with Crippen molar-refractivity contribution in [1.29, 1.82) is 0 Å². The summed E-state index contributed by atoms with van der Waals surface area (Å²) in [6.45, 7) is 10.5. The highest BCUT2D eigenvalue weighted by molar-refractivity contribution is 5.92. The Kier molecular flexibility index (Phi) is 7.93. The SMILES string of the molecule is Cc1cnc(C(=O)N(CCC(=O)NC(C)C)CCN2CCOCC2)cn1. The molecule has 0 spiro atoms. The van der Waals surface area contributed by atoms with Crippen LogP contribution in [0.3, 0.4) is 0 Å². The first-order valence-electron chi connectivity index (χ1n) is 9.13. The maximum atomic E-state index is 12.8. The molecule has 0 aliphatic carbocycles. The molecule has 1 saturated heterocycles. The van der Waals surface area contributed by atoms with Crippen molar-refractivity contribution in [3.63, 3.8) is 0 Å². The molecule has 0 saturated carbocycles. The second kappa shape index (κ2) is 10.2. The fraction of sp³-hybridized carbons (Fsp3) is 0.667. The number of rotatable bonds is 8. The van der Waals surface area contributed by atoms with Crippen LogP contribution in [0.1, 0.15) is 36.5 Å². The minimum atomic E-state index is -0.192. The number of hydrogen-bond acceptors (Lipinski definition) is 6. The highest BCUT2D eigenvalue weighted by Crippen LogP contribution is 2.05. The summed E-state index contributed by atoms with van der Waals surface area (Å²) < 4.78 is 5.36. The number of ether oxygens (including phenoxy) is 1. The molecule has 1 aromatic rings. The van der Waals surface area contributed by atoms with Gasteiger partial charge in [0.15, 0.2) is 0 Å². The number of aromatic nitrogens is 2. The molecule has 1 N–H and O–H groups in total. The zero-order valence-electron chi connectivity index (χ0n) is 15.9. The van der Waals surface area contributed by atoms with Crippen LogP contribution in [-0.2, 0) is 9.53 Å². The molecule has 1 aliphatic heterocycles. The van der Waals surface area contributed by atoms with Gasteiger partial charge in [-0.25, -0.2) is 4.98 Å². The minimum absolute atomic E-state index is 0.0563. The molecule has 2 amide bonds. The van der Waals surface area contributed by atoms with Gasteiger partial charge in [-0.05, 0) is 20.8 Å². The summed E-state index contributed by atoms with van der Waals surface area (Å²) in [6.07, 6.45) is 3.35. The standard InChI is InChI=1S/C18H29N5O3/c1-14(2)21-17(24)4-5-23(7-6-22-8-10-26-11-9-22)18(25)16-13-19-15(3)12-20-16/h12-14H,4-11H2,1-3H3,(H,21,24). The summed E-state index contributed by atoms with van der Waals surface area (Å²) in [4.78, 5) is 37.1. The van der Waals surface area contributed by atoms with Crippen molar-refractivity contribution >= 4 is 11.8 Å². The third-order valence-electron chi connectivity index (χ3n) is 4.14. The maximum Gasteiger partial charge on any atom is 0.274 e. The van der Waals surface area contributed by atoms with Crippen LogP contribution in [0.4, 0.5) is 0 Å². The molecule has 26 heavy (non-hydrogen) atoms. The first-order chi connectivity index (χ1) is 12.5. The monoisotopic (exact) mass is 363 g/mol. The highest BCUT2D eigenvalue weighted by Gasteiger charge is 2.20. The van der Waals surface area contributed by atoms with Gasteiger partial charge in [-0.2, -0.15) is 0 Å². The highest BCUT2D eigenvalue weighted by atomic mass is 16.5. The van der Waals surface area contributed by atoms with Crippen LogP contribution in [0, 0.1) is 6.92 Å². The molecule has 8 heteroatoms. The summed E-state index contributed by atoms with van der Waals surface area (Å²) in [5.74, 6) is -0.248. The van der Waals surface area contributed by atoms with Crippen molar-refractivity contribution < 1.29 is 14.3 Å². The van der Waals surface area contributed by atoms with E-state index < -0.39 is 0 Å². The van der Waals surface area contributed by atoms with Crippen LogP contribution in [0.5, 0.6) is 0 Å². The normalized spacial score (nSPS) is 15.1. The Bertz CT molecular complexity index is 585. The molecule has 1 fully saturated rings.